The third kappa shape index (κ3) is 6.20. The molecule has 2 aromatic rings. The molecular formula is C27H29F2N3O8S. The summed E-state index contributed by atoms with van der Waals surface area (Å²) in [6.45, 7) is 1.82. The summed E-state index contributed by atoms with van der Waals surface area (Å²) in [5, 5.41) is 22.1. The SMILES string of the molecule is Cc1cc(OCCC(O)CO)ccc1C=CS(=O)(=O)N1CCC2(CC1)N=C(c1ccc3c(c1)OC(F)(F)O3)NC2=O. The number of aliphatic hydroxyl groups is 2. The van der Waals surface area contributed by atoms with Crippen molar-refractivity contribution in [3.05, 3.63) is 58.5 Å². The number of rotatable bonds is 9. The maximum absolute atomic E-state index is 13.4. The smallest absolute Gasteiger partial charge is 0.493 e. The van der Waals surface area contributed by atoms with Crippen molar-refractivity contribution in [2.24, 2.45) is 4.99 Å². The van der Waals surface area contributed by atoms with E-state index in [0.717, 1.165) is 11.0 Å². The van der Waals surface area contributed by atoms with Gasteiger partial charge in [-0.2, -0.15) is 4.31 Å². The van der Waals surface area contributed by atoms with E-state index in [1.165, 1.54) is 28.6 Å². The molecule has 0 bridgehead atoms. The minimum atomic E-state index is -3.79. The zero-order valence-electron chi connectivity index (χ0n) is 22.0. The number of sulfonamides is 1. The summed E-state index contributed by atoms with van der Waals surface area (Å²) in [4.78, 5) is 17.5. The summed E-state index contributed by atoms with van der Waals surface area (Å²) in [5.74, 6) is 0.0717. The van der Waals surface area contributed by atoms with Crippen LogP contribution in [0.4, 0.5) is 8.78 Å². The lowest BCUT2D eigenvalue weighted by molar-refractivity contribution is -0.286. The van der Waals surface area contributed by atoms with E-state index in [1.54, 1.807) is 18.2 Å². The lowest BCUT2D eigenvalue weighted by Gasteiger charge is -2.34. The number of fused-ring (bicyclic) bond motifs is 1. The highest BCUT2D eigenvalue weighted by molar-refractivity contribution is 7.92. The Morgan fingerprint density at radius 3 is 2.61 bits per heavy atom. The molecule has 1 atom stereocenters. The van der Waals surface area contributed by atoms with E-state index in [0.29, 0.717) is 16.9 Å². The van der Waals surface area contributed by atoms with E-state index in [-0.39, 0.29) is 68.8 Å². The molecule has 11 nitrogen and oxygen atoms in total. The topological polar surface area (TPSA) is 147 Å². The second-order valence-electron chi connectivity index (χ2n) is 10.0. The first-order valence-corrected chi connectivity index (χ1v) is 14.4. The number of amidine groups is 1. The van der Waals surface area contributed by atoms with E-state index < -0.39 is 28.0 Å². The van der Waals surface area contributed by atoms with Crippen LogP contribution >= 0.6 is 0 Å². The Morgan fingerprint density at radius 1 is 1.17 bits per heavy atom. The Hall–Kier alpha value is -3.59. The first-order valence-electron chi connectivity index (χ1n) is 12.9. The number of aliphatic hydroxyl groups excluding tert-OH is 2. The van der Waals surface area contributed by atoms with Gasteiger partial charge in [0.2, 0.25) is 10.0 Å². The van der Waals surface area contributed by atoms with E-state index in [4.69, 9.17) is 9.84 Å². The number of hydrogen-bond donors (Lipinski definition) is 3. The summed E-state index contributed by atoms with van der Waals surface area (Å²) < 4.78 is 68.6. The van der Waals surface area contributed by atoms with Crippen molar-refractivity contribution in [2.75, 3.05) is 26.3 Å². The zero-order chi connectivity index (χ0) is 29.4. The molecule has 220 valence electrons. The monoisotopic (exact) mass is 593 g/mol. The maximum Gasteiger partial charge on any atom is 0.586 e. The molecule has 3 aliphatic heterocycles. The molecule has 1 amide bonds. The van der Waals surface area contributed by atoms with Crippen molar-refractivity contribution in [2.45, 2.75) is 44.1 Å². The highest BCUT2D eigenvalue weighted by Crippen LogP contribution is 2.42. The summed E-state index contributed by atoms with van der Waals surface area (Å²) >= 11 is 0. The van der Waals surface area contributed by atoms with E-state index in [2.05, 4.69) is 19.8 Å². The van der Waals surface area contributed by atoms with Gasteiger partial charge >= 0.3 is 6.29 Å². The number of hydrogen-bond acceptors (Lipinski definition) is 9. The fraction of sp³-hybridized carbons (Fsp3) is 0.407. The van der Waals surface area contributed by atoms with Gasteiger partial charge in [0.15, 0.2) is 11.5 Å². The number of alkyl halides is 2. The third-order valence-electron chi connectivity index (χ3n) is 7.16. The Balaban J connectivity index is 1.21. The predicted molar refractivity (Wildman–Crippen MR) is 143 cm³/mol. The Bertz CT molecular complexity index is 1500. The largest absolute Gasteiger partial charge is 0.586 e. The van der Waals surface area contributed by atoms with Crippen LogP contribution < -0.4 is 19.5 Å². The summed E-state index contributed by atoms with van der Waals surface area (Å²) in [6.07, 6.45) is -2.55. The second kappa shape index (κ2) is 11.0. The molecule has 3 N–H and O–H groups in total. The van der Waals surface area contributed by atoms with Crippen LogP contribution in [0.15, 0.2) is 46.8 Å². The van der Waals surface area contributed by atoms with Gasteiger partial charge in [-0.15, -0.1) is 8.78 Å². The van der Waals surface area contributed by atoms with Crippen molar-refractivity contribution in [1.29, 1.82) is 0 Å². The van der Waals surface area contributed by atoms with Crippen LogP contribution in [-0.2, 0) is 14.8 Å². The Labute approximate surface area is 235 Å². The molecule has 0 aromatic heterocycles. The number of carbonyl (C=O) groups excluding carboxylic acids is 1. The van der Waals surface area contributed by atoms with Crippen molar-refractivity contribution in [3.63, 3.8) is 0 Å². The van der Waals surface area contributed by atoms with Crippen LogP contribution in [0.5, 0.6) is 17.2 Å². The van der Waals surface area contributed by atoms with Crippen LogP contribution in [0, 0.1) is 6.92 Å². The minimum Gasteiger partial charge on any atom is -0.493 e. The second-order valence-corrected chi connectivity index (χ2v) is 11.8. The van der Waals surface area contributed by atoms with Gasteiger partial charge in [-0.05, 0) is 67.3 Å². The van der Waals surface area contributed by atoms with Crippen LogP contribution in [0.2, 0.25) is 0 Å². The van der Waals surface area contributed by atoms with E-state index in [9.17, 15) is 27.1 Å². The Kier molecular flexibility index (Phi) is 7.76. The normalized spacial score (nSPS) is 20.3. The number of ether oxygens (including phenoxy) is 3. The summed E-state index contributed by atoms with van der Waals surface area (Å²) in [6, 6.07) is 9.26. The number of nitrogens with zero attached hydrogens (tertiary/aromatic N) is 2. The fourth-order valence-corrected chi connectivity index (χ4v) is 5.96. The maximum atomic E-state index is 13.4. The van der Waals surface area contributed by atoms with Crippen LogP contribution in [0.25, 0.3) is 6.08 Å². The fourth-order valence-electron chi connectivity index (χ4n) is 4.77. The van der Waals surface area contributed by atoms with Crippen molar-refractivity contribution in [1.82, 2.24) is 9.62 Å². The van der Waals surface area contributed by atoms with Gasteiger partial charge in [0.25, 0.3) is 5.91 Å². The summed E-state index contributed by atoms with van der Waals surface area (Å²) in [7, 11) is -3.79. The first kappa shape index (κ1) is 28.9. The number of benzene rings is 2. The molecule has 3 aliphatic rings. The molecule has 1 fully saturated rings. The minimum absolute atomic E-state index is 0.0652. The number of halogens is 2. The molecular weight excluding hydrogens is 564 g/mol. The molecule has 5 rings (SSSR count). The third-order valence-corrected chi connectivity index (χ3v) is 8.72. The quantitative estimate of drug-likeness (QED) is 0.401. The molecule has 1 spiro atoms. The van der Waals surface area contributed by atoms with Gasteiger partial charge in [-0.25, -0.2) is 8.42 Å². The first-order chi connectivity index (χ1) is 19.4. The lowest BCUT2D eigenvalue weighted by Crippen LogP contribution is -2.50. The highest BCUT2D eigenvalue weighted by atomic mass is 32.2. The van der Waals surface area contributed by atoms with Crippen molar-refractivity contribution in [3.8, 4) is 17.2 Å². The molecule has 2 aromatic carbocycles. The lowest BCUT2D eigenvalue weighted by atomic mass is 9.89. The predicted octanol–water partition coefficient (Wildman–Crippen LogP) is 2.15. The number of aliphatic imine (C=N–C) groups is 1. The summed E-state index contributed by atoms with van der Waals surface area (Å²) in [5.41, 5.74) is 0.662. The average Bonchev–Trinajstić information content (AvgIpc) is 3.41. The van der Waals surface area contributed by atoms with E-state index in [1.807, 2.05) is 6.92 Å². The highest BCUT2D eigenvalue weighted by Gasteiger charge is 2.48. The van der Waals surface area contributed by atoms with Gasteiger partial charge < -0.3 is 29.7 Å². The van der Waals surface area contributed by atoms with Crippen molar-refractivity contribution < 1.29 is 46.4 Å². The molecule has 41 heavy (non-hydrogen) atoms. The number of nitrogens with one attached hydrogen (secondary N) is 1. The van der Waals surface area contributed by atoms with Gasteiger partial charge in [-0.3, -0.25) is 9.79 Å². The number of aryl methyl sites for hydroxylation is 1. The van der Waals surface area contributed by atoms with E-state index >= 15 is 0 Å². The van der Waals surface area contributed by atoms with Crippen LogP contribution in [0.3, 0.4) is 0 Å². The molecule has 0 radical (unpaired) electrons. The van der Waals surface area contributed by atoms with Crippen LogP contribution in [0.1, 0.15) is 36.0 Å². The molecule has 1 unspecified atom stereocenters. The standard InChI is InChI=1S/C27H29F2N3O8S/c1-17-14-21(38-12-6-20(34)16-33)4-2-18(17)7-13-41(36,37)32-10-8-26(9-11-32)25(35)30-24(31-26)19-3-5-22-23(15-19)40-27(28,29)39-22/h2-5,7,13-15,20,33-34H,6,8-12,16H2,1H3,(H,30,31,35). The average molecular weight is 594 g/mol. The number of piperidine rings is 1. The van der Waals surface area contributed by atoms with Crippen LogP contribution in [-0.4, -0.2) is 78.9 Å². The number of carbonyl (C=O) groups is 1. The Morgan fingerprint density at radius 2 is 1.90 bits per heavy atom. The van der Waals surface area contributed by atoms with Crippen molar-refractivity contribution >= 4 is 27.8 Å². The van der Waals surface area contributed by atoms with Gasteiger partial charge in [0, 0.05) is 30.5 Å². The number of amides is 1. The molecule has 3 heterocycles. The zero-order valence-corrected chi connectivity index (χ0v) is 22.9. The molecule has 0 aliphatic carbocycles. The van der Waals surface area contributed by atoms with Gasteiger partial charge in [0.05, 0.1) is 19.3 Å². The van der Waals surface area contributed by atoms with Gasteiger partial charge in [0.1, 0.15) is 17.1 Å². The molecule has 14 heteroatoms. The molecule has 0 saturated carbocycles. The molecule has 1 saturated heterocycles. The van der Waals surface area contributed by atoms with Gasteiger partial charge in [-0.1, -0.05) is 6.07 Å².